The number of rotatable bonds is 3. The minimum atomic E-state index is 0.398. The lowest BCUT2D eigenvalue weighted by Crippen LogP contribution is -2.28. The zero-order chi connectivity index (χ0) is 8.91. The van der Waals surface area contributed by atoms with Gasteiger partial charge in [0.1, 0.15) is 0 Å². The summed E-state index contributed by atoms with van der Waals surface area (Å²) in [7, 11) is 0. The largest absolute Gasteiger partial charge is 0.377 e. The third kappa shape index (κ3) is 5.96. The van der Waals surface area contributed by atoms with Gasteiger partial charge in [-0.15, -0.1) is 0 Å². The minimum absolute atomic E-state index is 0.398. The molecule has 0 aliphatic rings. The van der Waals surface area contributed by atoms with Crippen molar-refractivity contribution >= 4 is 0 Å². The molecule has 0 radical (unpaired) electrons. The van der Waals surface area contributed by atoms with E-state index in [0.717, 1.165) is 13.1 Å². The molecule has 0 saturated carbocycles. The van der Waals surface area contributed by atoms with Gasteiger partial charge in [0, 0.05) is 13.1 Å². The molecule has 0 aromatic rings. The molecule has 0 aromatic carbocycles. The van der Waals surface area contributed by atoms with Crippen molar-refractivity contribution in [1.82, 2.24) is 4.90 Å². The second-order valence-electron chi connectivity index (χ2n) is 4.11. The van der Waals surface area contributed by atoms with Gasteiger partial charge in [0.15, 0.2) is 0 Å². The maximum absolute atomic E-state index is 2.33. The Balaban J connectivity index is 3.88. The Hall–Kier alpha value is -0.460. The van der Waals surface area contributed by atoms with Crippen molar-refractivity contribution in [2.24, 2.45) is 5.41 Å². The van der Waals surface area contributed by atoms with E-state index in [1.807, 2.05) is 0 Å². The second kappa shape index (κ2) is 4.42. The maximum Gasteiger partial charge on any atom is 0.0220 e. The Bertz CT molecular complexity index is 119. The van der Waals surface area contributed by atoms with E-state index in [1.54, 1.807) is 0 Å². The lowest BCUT2D eigenvalue weighted by molar-refractivity contribution is 0.259. The fraction of sp³-hybridized carbons (Fsp3) is 0.800. The van der Waals surface area contributed by atoms with E-state index in [4.69, 9.17) is 0 Å². The number of nitrogens with zero attached hydrogens (tertiary/aromatic N) is 1. The smallest absolute Gasteiger partial charge is 0.0220 e. The highest BCUT2D eigenvalue weighted by molar-refractivity contribution is 4.80. The molecule has 0 aromatic heterocycles. The Morgan fingerprint density at radius 2 is 1.82 bits per heavy atom. The lowest BCUT2D eigenvalue weighted by Gasteiger charge is -2.27. The molecule has 1 heteroatoms. The second-order valence-corrected chi connectivity index (χ2v) is 4.11. The molecule has 0 rings (SSSR count). The maximum atomic E-state index is 2.33. The lowest BCUT2D eigenvalue weighted by atomic mass is 9.96. The summed E-state index contributed by atoms with van der Waals surface area (Å²) in [5.74, 6) is 0. The van der Waals surface area contributed by atoms with Crippen LogP contribution in [-0.4, -0.2) is 18.0 Å². The van der Waals surface area contributed by atoms with Crippen molar-refractivity contribution in [1.29, 1.82) is 0 Å². The minimum Gasteiger partial charge on any atom is -0.377 e. The SMILES string of the molecule is C/C=C\N(CC)CC(C)(C)C. The summed E-state index contributed by atoms with van der Waals surface area (Å²) >= 11 is 0. The van der Waals surface area contributed by atoms with E-state index in [-0.39, 0.29) is 0 Å². The number of allylic oxidation sites excluding steroid dienone is 1. The predicted octanol–water partition coefficient (Wildman–Crippen LogP) is 2.89. The topological polar surface area (TPSA) is 3.24 Å². The van der Waals surface area contributed by atoms with Gasteiger partial charge in [-0.1, -0.05) is 26.8 Å². The van der Waals surface area contributed by atoms with Crippen LogP contribution in [0.5, 0.6) is 0 Å². The van der Waals surface area contributed by atoms with Gasteiger partial charge >= 0.3 is 0 Å². The van der Waals surface area contributed by atoms with Gasteiger partial charge in [-0.2, -0.15) is 0 Å². The Morgan fingerprint density at radius 3 is 2.09 bits per heavy atom. The van der Waals surface area contributed by atoms with Gasteiger partial charge in [-0.3, -0.25) is 0 Å². The predicted molar refractivity (Wildman–Crippen MR) is 51.5 cm³/mol. The van der Waals surface area contributed by atoms with Crippen molar-refractivity contribution in [3.8, 4) is 0 Å². The molecular weight excluding hydrogens is 134 g/mol. The summed E-state index contributed by atoms with van der Waals surface area (Å²) in [6, 6.07) is 0. The molecule has 0 heterocycles. The zero-order valence-electron chi connectivity index (χ0n) is 8.52. The van der Waals surface area contributed by atoms with Crippen molar-refractivity contribution < 1.29 is 0 Å². The summed E-state index contributed by atoms with van der Waals surface area (Å²) in [4.78, 5) is 2.33. The van der Waals surface area contributed by atoms with E-state index >= 15 is 0 Å². The first-order valence-electron chi connectivity index (χ1n) is 4.36. The molecule has 0 N–H and O–H groups in total. The van der Waals surface area contributed by atoms with Crippen molar-refractivity contribution in [3.63, 3.8) is 0 Å². The quantitative estimate of drug-likeness (QED) is 0.605. The number of hydrogen-bond donors (Lipinski definition) is 0. The molecule has 0 atom stereocenters. The van der Waals surface area contributed by atoms with Crippen LogP contribution in [0.1, 0.15) is 34.6 Å². The highest BCUT2D eigenvalue weighted by Gasteiger charge is 2.12. The van der Waals surface area contributed by atoms with Crippen LogP contribution >= 0.6 is 0 Å². The fourth-order valence-electron chi connectivity index (χ4n) is 1.09. The van der Waals surface area contributed by atoms with E-state index in [9.17, 15) is 0 Å². The van der Waals surface area contributed by atoms with Gasteiger partial charge in [0.2, 0.25) is 0 Å². The monoisotopic (exact) mass is 155 g/mol. The van der Waals surface area contributed by atoms with Crippen molar-refractivity contribution in [2.75, 3.05) is 13.1 Å². The summed E-state index contributed by atoms with van der Waals surface area (Å²) < 4.78 is 0. The van der Waals surface area contributed by atoms with E-state index < -0.39 is 0 Å². The summed E-state index contributed by atoms with van der Waals surface area (Å²) in [6.07, 6.45) is 4.25. The van der Waals surface area contributed by atoms with E-state index in [2.05, 4.69) is 51.8 Å². The average molecular weight is 155 g/mol. The van der Waals surface area contributed by atoms with Gasteiger partial charge in [-0.05, 0) is 25.5 Å². The average Bonchev–Trinajstić information content (AvgIpc) is 1.84. The molecule has 1 nitrogen and oxygen atoms in total. The first-order valence-corrected chi connectivity index (χ1v) is 4.36. The summed E-state index contributed by atoms with van der Waals surface area (Å²) in [6.45, 7) is 13.3. The molecule has 66 valence electrons. The Kier molecular flexibility index (Phi) is 4.24. The van der Waals surface area contributed by atoms with Gasteiger partial charge in [-0.25, -0.2) is 0 Å². The van der Waals surface area contributed by atoms with Crippen molar-refractivity contribution in [3.05, 3.63) is 12.3 Å². The molecule has 11 heavy (non-hydrogen) atoms. The number of hydrogen-bond acceptors (Lipinski definition) is 1. The summed E-state index contributed by atoms with van der Waals surface area (Å²) in [5, 5.41) is 0. The van der Waals surface area contributed by atoms with Crippen LogP contribution in [0.2, 0.25) is 0 Å². The zero-order valence-corrected chi connectivity index (χ0v) is 8.52. The molecule has 0 amide bonds. The van der Waals surface area contributed by atoms with Crippen LogP contribution in [0, 0.1) is 5.41 Å². The molecule has 0 unspecified atom stereocenters. The Labute approximate surface area is 71.1 Å². The highest BCUT2D eigenvalue weighted by Crippen LogP contribution is 2.14. The van der Waals surface area contributed by atoms with Gasteiger partial charge in [0.05, 0.1) is 0 Å². The van der Waals surface area contributed by atoms with Crippen LogP contribution in [-0.2, 0) is 0 Å². The van der Waals surface area contributed by atoms with Gasteiger partial charge in [0.25, 0.3) is 0 Å². The molecule has 0 saturated heterocycles. The van der Waals surface area contributed by atoms with Crippen LogP contribution in [0.25, 0.3) is 0 Å². The third-order valence-corrected chi connectivity index (χ3v) is 1.44. The normalized spacial score (nSPS) is 12.5. The van der Waals surface area contributed by atoms with E-state index in [0.29, 0.717) is 5.41 Å². The van der Waals surface area contributed by atoms with Crippen LogP contribution < -0.4 is 0 Å². The third-order valence-electron chi connectivity index (χ3n) is 1.44. The first-order chi connectivity index (χ1) is 4.99. The highest BCUT2D eigenvalue weighted by atomic mass is 15.1. The fourth-order valence-corrected chi connectivity index (χ4v) is 1.09. The Morgan fingerprint density at radius 1 is 1.27 bits per heavy atom. The molecule has 0 spiro atoms. The first kappa shape index (κ1) is 10.5. The standard InChI is InChI=1S/C10H21N/c1-6-8-11(7-2)9-10(3,4)5/h6,8H,7,9H2,1-5H3/b8-6-. The van der Waals surface area contributed by atoms with Crippen LogP contribution in [0.15, 0.2) is 12.3 Å². The van der Waals surface area contributed by atoms with Crippen molar-refractivity contribution in [2.45, 2.75) is 34.6 Å². The van der Waals surface area contributed by atoms with Crippen LogP contribution in [0.4, 0.5) is 0 Å². The summed E-state index contributed by atoms with van der Waals surface area (Å²) in [5.41, 5.74) is 0.398. The molecular formula is C10H21N. The van der Waals surface area contributed by atoms with E-state index in [1.165, 1.54) is 0 Å². The van der Waals surface area contributed by atoms with Crippen LogP contribution in [0.3, 0.4) is 0 Å². The molecule has 0 bridgehead atoms. The molecule has 0 aliphatic carbocycles. The van der Waals surface area contributed by atoms with Gasteiger partial charge < -0.3 is 4.90 Å². The molecule has 0 aliphatic heterocycles. The molecule has 0 fully saturated rings.